The summed E-state index contributed by atoms with van der Waals surface area (Å²) in [6.07, 6.45) is 3.16. The lowest BCUT2D eigenvalue weighted by Gasteiger charge is -2.42. The summed E-state index contributed by atoms with van der Waals surface area (Å²) in [6, 6.07) is 1.48. The number of amides is 1. The number of aromatic amines is 1. The summed E-state index contributed by atoms with van der Waals surface area (Å²) in [7, 11) is 0. The van der Waals surface area contributed by atoms with E-state index < -0.39 is 0 Å². The predicted octanol–water partition coefficient (Wildman–Crippen LogP) is 0.261. The molecule has 2 atom stereocenters. The molecule has 0 unspecified atom stereocenters. The summed E-state index contributed by atoms with van der Waals surface area (Å²) in [5, 5.41) is 0. The van der Waals surface area contributed by atoms with Crippen molar-refractivity contribution < 1.29 is 9.53 Å². The number of carbonyl (C=O) groups excluding carboxylic acids is 1. The Morgan fingerprint density at radius 3 is 3.00 bits per heavy atom. The molecule has 2 saturated heterocycles. The highest BCUT2D eigenvalue weighted by atomic mass is 16.5. The molecular weight excluding hydrogens is 246 g/mol. The number of nitrogens with zero attached hydrogens (tertiary/aromatic N) is 2. The molecule has 3 fully saturated rings. The highest BCUT2D eigenvalue weighted by molar-refractivity contribution is 5.93. The number of likely N-dealkylation sites (tertiary alicyclic amines) is 1. The Balaban J connectivity index is 1.61. The quantitative estimate of drug-likeness (QED) is 0.828. The van der Waals surface area contributed by atoms with Crippen molar-refractivity contribution in [3.05, 3.63) is 27.9 Å². The zero-order valence-electron chi connectivity index (χ0n) is 10.5. The molecule has 1 amide bonds. The fraction of sp³-hybridized carbons (Fsp3) is 0.615. The average molecular weight is 261 g/mol. The lowest BCUT2D eigenvalue weighted by molar-refractivity contribution is -0.0268. The van der Waals surface area contributed by atoms with E-state index in [4.69, 9.17) is 4.74 Å². The Labute approximate surface area is 109 Å². The molecular formula is C13H15N3O3. The van der Waals surface area contributed by atoms with E-state index in [1.165, 1.54) is 6.07 Å². The molecule has 6 nitrogen and oxygen atoms in total. The first kappa shape index (κ1) is 11.2. The number of ether oxygens (including phenoxy) is 1. The van der Waals surface area contributed by atoms with Gasteiger partial charge in [0.05, 0.1) is 12.1 Å². The molecule has 19 heavy (non-hydrogen) atoms. The van der Waals surface area contributed by atoms with E-state index in [0.717, 1.165) is 25.9 Å². The second-order valence-corrected chi connectivity index (χ2v) is 5.51. The molecule has 1 aromatic heterocycles. The molecule has 3 heterocycles. The van der Waals surface area contributed by atoms with E-state index >= 15 is 0 Å². The minimum Gasteiger partial charge on any atom is -0.374 e. The topological polar surface area (TPSA) is 75.3 Å². The van der Waals surface area contributed by atoms with Crippen molar-refractivity contribution in [2.45, 2.75) is 37.3 Å². The molecule has 2 aliphatic heterocycles. The SMILES string of the molecule is O=C(c1cc(=O)[nH]c(C2CC2)n1)N1C[C@@H]2OCC[C@@H]21. The molecule has 3 aliphatic rings. The molecule has 1 N–H and O–H groups in total. The normalized spacial score (nSPS) is 28.9. The van der Waals surface area contributed by atoms with E-state index in [1.807, 2.05) is 0 Å². The van der Waals surface area contributed by atoms with Crippen LogP contribution in [0.3, 0.4) is 0 Å². The van der Waals surface area contributed by atoms with Crippen molar-refractivity contribution in [2.75, 3.05) is 13.2 Å². The second kappa shape index (κ2) is 3.90. The number of hydrogen-bond donors (Lipinski definition) is 1. The van der Waals surface area contributed by atoms with Crippen molar-refractivity contribution >= 4 is 5.91 Å². The first-order valence-electron chi connectivity index (χ1n) is 6.76. The number of hydrogen-bond acceptors (Lipinski definition) is 4. The molecule has 0 aromatic carbocycles. The Bertz CT molecular complexity index is 593. The van der Waals surface area contributed by atoms with E-state index in [1.54, 1.807) is 4.90 Å². The van der Waals surface area contributed by atoms with Gasteiger partial charge in [0.25, 0.3) is 11.5 Å². The van der Waals surface area contributed by atoms with Crippen LogP contribution in [0.1, 0.15) is 41.5 Å². The first-order chi connectivity index (χ1) is 9.22. The van der Waals surface area contributed by atoms with E-state index in [2.05, 4.69) is 9.97 Å². The number of nitrogens with one attached hydrogen (secondary N) is 1. The van der Waals surface area contributed by atoms with Gasteiger partial charge >= 0.3 is 0 Å². The Kier molecular flexibility index (Phi) is 2.29. The summed E-state index contributed by atoms with van der Waals surface area (Å²) < 4.78 is 5.48. The zero-order chi connectivity index (χ0) is 13.0. The third kappa shape index (κ3) is 1.78. The standard InChI is InChI=1S/C13H15N3O3/c17-11-5-8(14-12(15-11)7-1-2-7)13(18)16-6-10-9(16)3-4-19-10/h5,7,9-10H,1-4,6H2,(H,14,15,17)/t9-,10-/m0/s1. The molecule has 4 rings (SSSR count). The number of aromatic nitrogens is 2. The van der Waals surface area contributed by atoms with Crippen molar-refractivity contribution in [1.29, 1.82) is 0 Å². The smallest absolute Gasteiger partial charge is 0.273 e. The summed E-state index contributed by atoms with van der Waals surface area (Å²) in [5.41, 5.74) is 0.0380. The van der Waals surface area contributed by atoms with Crippen LogP contribution in [-0.2, 0) is 4.74 Å². The Morgan fingerprint density at radius 1 is 1.42 bits per heavy atom. The average Bonchev–Trinajstić information content (AvgIpc) is 3.15. The van der Waals surface area contributed by atoms with Crippen LogP contribution in [0.5, 0.6) is 0 Å². The van der Waals surface area contributed by atoms with Crippen molar-refractivity contribution in [2.24, 2.45) is 0 Å². The fourth-order valence-corrected chi connectivity index (χ4v) is 2.88. The van der Waals surface area contributed by atoms with Gasteiger partial charge in [0.2, 0.25) is 0 Å². The summed E-state index contributed by atoms with van der Waals surface area (Å²) >= 11 is 0. The molecule has 1 saturated carbocycles. The van der Waals surface area contributed by atoms with Gasteiger partial charge in [-0.15, -0.1) is 0 Å². The number of fused-ring (bicyclic) bond motifs is 1. The van der Waals surface area contributed by atoms with Crippen LogP contribution in [0, 0.1) is 0 Å². The maximum atomic E-state index is 12.4. The maximum Gasteiger partial charge on any atom is 0.273 e. The first-order valence-corrected chi connectivity index (χ1v) is 6.76. The van der Waals surface area contributed by atoms with Crippen molar-refractivity contribution in [1.82, 2.24) is 14.9 Å². The minimum absolute atomic E-state index is 0.139. The van der Waals surface area contributed by atoms with Gasteiger partial charge in [-0.05, 0) is 19.3 Å². The van der Waals surface area contributed by atoms with E-state index in [-0.39, 0.29) is 29.3 Å². The summed E-state index contributed by atoms with van der Waals surface area (Å²) in [5.74, 6) is 0.856. The third-order valence-corrected chi connectivity index (χ3v) is 4.16. The van der Waals surface area contributed by atoms with Crippen LogP contribution < -0.4 is 5.56 Å². The van der Waals surface area contributed by atoms with Crippen LogP contribution in [-0.4, -0.2) is 46.1 Å². The molecule has 100 valence electrons. The Morgan fingerprint density at radius 2 is 2.26 bits per heavy atom. The highest BCUT2D eigenvalue weighted by Crippen LogP contribution is 2.37. The van der Waals surface area contributed by atoms with Gasteiger partial charge in [-0.25, -0.2) is 4.98 Å². The lowest BCUT2D eigenvalue weighted by atomic mass is 9.98. The van der Waals surface area contributed by atoms with Crippen molar-refractivity contribution in [3.8, 4) is 0 Å². The second-order valence-electron chi connectivity index (χ2n) is 5.51. The van der Waals surface area contributed by atoms with Gasteiger partial charge in [0.1, 0.15) is 11.5 Å². The minimum atomic E-state index is -0.236. The van der Waals surface area contributed by atoms with Crippen LogP contribution in [0.4, 0.5) is 0 Å². The predicted molar refractivity (Wildman–Crippen MR) is 66.0 cm³/mol. The third-order valence-electron chi connectivity index (χ3n) is 4.16. The largest absolute Gasteiger partial charge is 0.374 e. The Hall–Kier alpha value is -1.69. The van der Waals surface area contributed by atoms with Gasteiger partial charge < -0.3 is 14.6 Å². The van der Waals surface area contributed by atoms with Crippen LogP contribution in [0.2, 0.25) is 0 Å². The van der Waals surface area contributed by atoms with Gasteiger partial charge in [0.15, 0.2) is 0 Å². The van der Waals surface area contributed by atoms with Gasteiger partial charge in [-0.2, -0.15) is 0 Å². The number of H-pyrrole nitrogens is 1. The fourth-order valence-electron chi connectivity index (χ4n) is 2.88. The molecule has 1 aromatic rings. The highest BCUT2D eigenvalue weighted by Gasteiger charge is 2.46. The number of carbonyl (C=O) groups is 1. The molecule has 0 radical (unpaired) electrons. The maximum absolute atomic E-state index is 12.4. The van der Waals surface area contributed by atoms with Crippen molar-refractivity contribution in [3.63, 3.8) is 0 Å². The molecule has 6 heteroatoms. The van der Waals surface area contributed by atoms with E-state index in [0.29, 0.717) is 18.3 Å². The monoisotopic (exact) mass is 261 g/mol. The molecule has 0 bridgehead atoms. The number of rotatable bonds is 2. The van der Waals surface area contributed by atoms with Gasteiger partial charge in [0, 0.05) is 25.1 Å². The van der Waals surface area contributed by atoms with Crippen LogP contribution >= 0.6 is 0 Å². The molecule has 1 aliphatic carbocycles. The molecule has 0 spiro atoms. The lowest BCUT2D eigenvalue weighted by Crippen LogP contribution is -2.60. The van der Waals surface area contributed by atoms with Gasteiger partial charge in [-0.1, -0.05) is 0 Å². The van der Waals surface area contributed by atoms with Crippen LogP contribution in [0.25, 0.3) is 0 Å². The summed E-state index contributed by atoms with van der Waals surface area (Å²) in [4.78, 5) is 32.8. The zero-order valence-corrected chi connectivity index (χ0v) is 10.5. The van der Waals surface area contributed by atoms with Gasteiger partial charge in [-0.3, -0.25) is 9.59 Å². The summed E-state index contributed by atoms with van der Waals surface area (Å²) in [6.45, 7) is 1.34. The van der Waals surface area contributed by atoms with E-state index in [9.17, 15) is 9.59 Å². The van der Waals surface area contributed by atoms with Crippen LogP contribution in [0.15, 0.2) is 10.9 Å².